The summed E-state index contributed by atoms with van der Waals surface area (Å²) in [5.74, 6) is 0.168. The zero-order chi connectivity index (χ0) is 18.8. The molecule has 5 rings (SSSR count). The molecule has 1 saturated heterocycles. The molecule has 1 aromatic rings. The summed E-state index contributed by atoms with van der Waals surface area (Å²) < 4.78 is 24.8. The van der Waals surface area contributed by atoms with Gasteiger partial charge in [0, 0.05) is 30.8 Å². The van der Waals surface area contributed by atoms with E-state index in [1.807, 2.05) is 0 Å². The van der Waals surface area contributed by atoms with Gasteiger partial charge in [-0.3, -0.25) is 9.36 Å². The Morgan fingerprint density at radius 1 is 1.52 bits per heavy atom. The van der Waals surface area contributed by atoms with Gasteiger partial charge in [0.2, 0.25) is 0 Å². The van der Waals surface area contributed by atoms with Crippen molar-refractivity contribution in [3.05, 3.63) is 18.7 Å². The average Bonchev–Trinajstić information content (AvgIpc) is 3.05. The predicted molar refractivity (Wildman–Crippen MR) is 97.7 cm³/mol. The monoisotopic (exact) mass is 392 g/mol. The highest BCUT2D eigenvalue weighted by Crippen LogP contribution is 2.76. The minimum absolute atomic E-state index is 0.0166. The van der Waals surface area contributed by atoms with E-state index in [4.69, 9.17) is 31.2 Å². The number of imidazole rings is 1. The number of esters is 1. The van der Waals surface area contributed by atoms with Crippen LogP contribution in [0, 0.1) is 28.6 Å². The maximum atomic E-state index is 12.5. The Balaban J connectivity index is 1.45. The van der Waals surface area contributed by atoms with Crippen molar-refractivity contribution >= 4 is 23.4 Å². The fraction of sp³-hybridized carbons (Fsp3) is 0.737. The van der Waals surface area contributed by atoms with Gasteiger partial charge in [0.25, 0.3) is 5.17 Å². The molecule has 1 aromatic heterocycles. The number of carbonyl (C=O) groups excluding carboxylic acids is 1. The molecule has 1 aliphatic heterocycles. The minimum Gasteiger partial charge on any atom is -0.467 e. The number of methoxy groups -OCH3 is 1. The Labute approximate surface area is 163 Å². The lowest BCUT2D eigenvalue weighted by Gasteiger charge is -2.51. The number of carbonyl (C=O) groups is 1. The Morgan fingerprint density at radius 3 is 3.11 bits per heavy atom. The van der Waals surface area contributed by atoms with Crippen LogP contribution < -0.4 is 0 Å². The van der Waals surface area contributed by atoms with Crippen LogP contribution in [0.3, 0.4) is 0 Å². The van der Waals surface area contributed by atoms with Gasteiger partial charge < -0.3 is 18.9 Å². The molecular formula is C19H24N2O5S. The van der Waals surface area contributed by atoms with E-state index in [0.717, 1.165) is 19.3 Å². The molecule has 146 valence electrons. The van der Waals surface area contributed by atoms with E-state index in [0.29, 0.717) is 11.8 Å². The summed E-state index contributed by atoms with van der Waals surface area (Å²) in [5, 5.41) is 0.385. The molecule has 0 amide bonds. The van der Waals surface area contributed by atoms with E-state index in [1.165, 1.54) is 0 Å². The molecule has 4 aliphatic rings. The normalized spacial score (nSPS) is 44.2. The summed E-state index contributed by atoms with van der Waals surface area (Å²) in [7, 11) is 1.64. The maximum absolute atomic E-state index is 12.5. The first-order chi connectivity index (χ1) is 13.0. The molecule has 27 heavy (non-hydrogen) atoms. The van der Waals surface area contributed by atoms with Gasteiger partial charge in [-0.15, -0.1) is 0 Å². The lowest BCUT2D eigenvalue weighted by atomic mass is 9.57. The van der Waals surface area contributed by atoms with Crippen LogP contribution in [-0.4, -0.2) is 53.4 Å². The highest BCUT2D eigenvalue weighted by Gasteiger charge is 2.81. The van der Waals surface area contributed by atoms with Crippen molar-refractivity contribution in [2.24, 2.45) is 28.6 Å². The number of hydrogen-bond acceptors (Lipinski definition) is 7. The number of hydrogen-bond donors (Lipinski definition) is 0. The molecule has 8 heteroatoms. The Bertz CT molecular complexity index is 770. The van der Waals surface area contributed by atoms with Crippen molar-refractivity contribution in [2.45, 2.75) is 38.4 Å². The second kappa shape index (κ2) is 5.99. The van der Waals surface area contributed by atoms with Gasteiger partial charge >= 0.3 is 5.97 Å². The average molecular weight is 392 g/mol. The number of cyclic esters (lactones) is 1. The number of thiocarbonyl (C=S) groups is 1. The molecule has 7 nitrogen and oxygen atoms in total. The summed E-state index contributed by atoms with van der Waals surface area (Å²) in [4.78, 5) is 16.5. The number of ether oxygens (including phenoxy) is 4. The van der Waals surface area contributed by atoms with Crippen LogP contribution in [0.25, 0.3) is 0 Å². The van der Waals surface area contributed by atoms with E-state index < -0.39 is 0 Å². The second-order valence-corrected chi connectivity index (χ2v) is 8.88. The molecule has 0 N–H and O–H groups in total. The topological polar surface area (TPSA) is 71.8 Å². The summed E-state index contributed by atoms with van der Waals surface area (Å²) in [6.07, 6.45) is 7.87. The van der Waals surface area contributed by atoms with Gasteiger partial charge in [0.1, 0.15) is 25.8 Å². The quantitative estimate of drug-likeness (QED) is 0.441. The van der Waals surface area contributed by atoms with Crippen molar-refractivity contribution in [1.29, 1.82) is 0 Å². The van der Waals surface area contributed by atoms with Crippen LogP contribution in [0.4, 0.5) is 0 Å². The zero-order valence-corrected chi connectivity index (χ0v) is 16.3. The smallest absolute Gasteiger partial charge is 0.309 e. The number of rotatable bonds is 4. The summed E-state index contributed by atoms with van der Waals surface area (Å²) in [5.41, 5.74) is -0.164. The van der Waals surface area contributed by atoms with Crippen molar-refractivity contribution in [2.75, 3.05) is 20.5 Å². The number of nitrogens with zero attached hydrogens (tertiary/aromatic N) is 2. The van der Waals surface area contributed by atoms with Gasteiger partial charge in [0.05, 0.1) is 12.0 Å². The number of aromatic nitrogens is 2. The third-order valence-electron chi connectivity index (χ3n) is 7.49. The molecule has 4 fully saturated rings. The molecule has 1 spiro atoms. The highest BCUT2D eigenvalue weighted by molar-refractivity contribution is 7.80. The van der Waals surface area contributed by atoms with E-state index in [-0.39, 0.29) is 53.6 Å². The van der Waals surface area contributed by atoms with Gasteiger partial charge in [-0.2, -0.15) is 0 Å². The molecule has 3 saturated carbocycles. The Kier molecular flexibility index (Phi) is 3.90. The van der Waals surface area contributed by atoms with Gasteiger partial charge in [0.15, 0.2) is 0 Å². The molecule has 3 aliphatic carbocycles. The van der Waals surface area contributed by atoms with E-state index >= 15 is 0 Å². The first-order valence-corrected chi connectivity index (χ1v) is 9.89. The SMILES string of the molecule is COCO[C@H]1CC[C@@]2(C)C[C@H](OC(=S)n3ccnc3)[C@@H]3[C@@H]4C(=O)OC[C@]12[C@@H]43. The zero-order valence-electron chi connectivity index (χ0n) is 15.5. The van der Waals surface area contributed by atoms with Crippen LogP contribution in [0.1, 0.15) is 26.2 Å². The molecule has 0 aromatic carbocycles. The molecule has 0 unspecified atom stereocenters. The Morgan fingerprint density at radius 2 is 2.37 bits per heavy atom. The molecule has 7 atom stereocenters. The van der Waals surface area contributed by atoms with Gasteiger partial charge in [-0.05, 0) is 42.8 Å². The third kappa shape index (κ3) is 2.29. The fourth-order valence-electron chi connectivity index (χ4n) is 6.29. The third-order valence-corrected chi connectivity index (χ3v) is 7.79. The standard InChI is InChI=1S/C19H24N2O5S/c1-18-4-3-12(25-10-23-2)19(18)8-24-16(22)14-13(15(14)19)11(7-18)26-17(27)21-6-5-20-9-21/h5-6,9,11-15H,3-4,7-8,10H2,1-2H3/t11-,12-,13+,14-,15+,18-,19+/m0/s1. The largest absolute Gasteiger partial charge is 0.467 e. The van der Waals surface area contributed by atoms with Crippen molar-refractivity contribution in [3.63, 3.8) is 0 Å². The second-order valence-electron chi connectivity index (χ2n) is 8.53. The minimum atomic E-state index is -0.148. The summed E-state index contributed by atoms with van der Waals surface area (Å²) >= 11 is 5.45. The van der Waals surface area contributed by atoms with Crippen molar-refractivity contribution in [3.8, 4) is 0 Å². The first-order valence-electron chi connectivity index (χ1n) is 9.48. The Hall–Kier alpha value is -1.51. The molecule has 0 radical (unpaired) electrons. The predicted octanol–water partition coefficient (Wildman–Crippen LogP) is 2.00. The van der Waals surface area contributed by atoms with Crippen LogP contribution >= 0.6 is 12.2 Å². The maximum Gasteiger partial charge on any atom is 0.309 e. The first kappa shape index (κ1) is 17.6. The van der Waals surface area contributed by atoms with Crippen LogP contribution in [0.5, 0.6) is 0 Å². The molecule has 0 bridgehead atoms. The van der Waals surface area contributed by atoms with E-state index in [9.17, 15) is 4.79 Å². The molecular weight excluding hydrogens is 368 g/mol. The summed E-state index contributed by atoms with van der Waals surface area (Å²) in [6.45, 7) is 3.00. The fourth-order valence-corrected chi connectivity index (χ4v) is 6.52. The lowest BCUT2D eigenvalue weighted by molar-refractivity contribution is -0.194. The van der Waals surface area contributed by atoms with Crippen LogP contribution in [-0.2, 0) is 23.7 Å². The molecule has 2 heterocycles. The van der Waals surface area contributed by atoms with Crippen LogP contribution in [0.2, 0.25) is 0 Å². The number of fused-ring (bicyclic) bond motifs is 1. The van der Waals surface area contributed by atoms with Crippen molar-refractivity contribution < 1.29 is 23.7 Å². The van der Waals surface area contributed by atoms with Crippen molar-refractivity contribution in [1.82, 2.24) is 9.55 Å². The van der Waals surface area contributed by atoms with Gasteiger partial charge in [-0.1, -0.05) is 6.92 Å². The van der Waals surface area contributed by atoms with E-state index in [2.05, 4.69) is 11.9 Å². The lowest BCUT2D eigenvalue weighted by Crippen LogP contribution is -2.55. The van der Waals surface area contributed by atoms with Crippen LogP contribution in [0.15, 0.2) is 18.7 Å². The van der Waals surface area contributed by atoms with Gasteiger partial charge in [-0.25, -0.2) is 4.98 Å². The highest BCUT2D eigenvalue weighted by atomic mass is 32.1. The van der Waals surface area contributed by atoms with E-state index in [1.54, 1.807) is 30.4 Å². The summed E-state index contributed by atoms with van der Waals surface area (Å²) in [6, 6.07) is 0.